The first kappa shape index (κ1) is 20.0. The lowest BCUT2D eigenvalue weighted by Crippen LogP contribution is -2.36. The van der Waals surface area contributed by atoms with Gasteiger partial charge in [-0.15, -0.1) is 0 Å². The third kappa shape index (κ3) is 5.36. The SMILES string of the molecule is CSCCCNC1CCc2c(c(C(=O)NCCc3ccccc3)nn2C)C1. The van der Waals surface area contributed by atoms with Gasteiger partial charge in [0.05, 0.1) is 0 Å². The molecule has 1 heterocycles. The molecule has 0 spiro atoms. The molecule has 0 radical (unpaired) electrons. The second-order valence-electron chi connectivity index (χ2n) is 7.13. The molecule has 2 aromatic rings. The largest absolute Gasteiger partial charge is 0.350 e. The smallest absolute Gasteiger partial charge is 0.272 e. The molecule has 0 saturated heterocycles. The van der Waals surface area contributed by atoms with Gasteiger partial charge in [0.25, 0.3) is 5.91 Å². The number of carbonyl (C=O) groups is 1. The van der Waals surface area contributed by atoms with Gasteiger partial charge in [-0.25, -0.2) is 0 Å². The van der Waals surface area contributed by atoms with Gasteiger partial charge in [0.15, 0.2) is 5.69 Å². The van der Waals surface area contributed by atoms with E-state index in [2.05, 4.69) is 34.1 Å². The van der Waals surface area contributed by atoms with Crippen LogP contribution in [0.15, 0.2) is 30.3 Å². The van der Waals surface area contributed by atoms with Crippen LogP contribution in [0.3, 0.4) is 0 Å². The Labute approximate surface area is 166 Å². The molecule has 0 saturated carbocycles. The van der Waals surface area contributed by atoms with Crippen molar-refractivity contribution in [3.05, 3.63) is 52.8 Å². The van der Waals surface area contributed by atoms with Gasteiger partial charge in [-0.1, -0.05) is 30.3 Å². The summed E-state index contributed by atoms with van der Waals surface area (Å²) < 4.78 is 1.89. The molecule has 2 N–H and O–H groups in total. The van der Waals surface area contributed by atoms with E-state index in [0.29, 0.717) is 18.3 Å². The van der Waals surface area contributed by atoms with Crippen LogP contribution in [0.25, 0.3) is 0 Å². The molecule has 1 aromatic heterocycles. The second-order valence-corrected chi connectivity index (χ2v) is 8.11. The number of hydrogen-bond donors (Lipinski definition) is 2. The number of fused-ring (bicyclic) bond motifs is 1. The number of amides is 1. The highest BCUT2D eigenvalue weighted by atomic mass is 32.2. The van der Waals surface area contributed by atoms with Crippen molar-refractivity contribution in [2.45, 2.75) is 38.1 Å². The first-order valence-corrected chi connectivity index (χ1v) is 11.2. The van der Waals surface area contributed by atoms with Crippen molar-refractivity contribution in [3.8, 4) is 0 Å². The fourth-order valence-electron chi connectivity index (χ4n) is 3.72. The van der Waals surface area contributed by atoms with E-state index in [-0.39, 0.29) is 5.91 Å². The Balaban J connectivity index is 1.57. The number of thioether (sulfide) groups is 1. The summed E-state index contributed by atoms with van der Waals surface area (Å²) in [4.78, 5) is 12.7. The van der Waals surface area contributed by atoms with Gasteiger partial charge in [0, 0.05) is 30.9 Å². The number of rotatable bonds is 9. The Bertz CT molecular complexity index is 744. The Hall–Kier alpha value is -1.79. The normalized spacial score (nSPS) is 16.1. The van der Waals surface area contributed by atoms with E-state index in [0.717, 1.165) is 37.8 Å². The van der Waals surface area contributed by atoms with Gasteiger partial charge in [-0.05, 0) is 56.2 Å². The molecule has 146 valence electrons. The van der Waals surface area contributed by atoms with Crippen molar-refractivity contribution >= 4 is 17.7 Å². The van der Waals surface area contributed by atoms with E-state index in [4.69, 9.17) is 0 Å². The summed E-state index contributed by atoms with van der Waals surface area (Å²) in [5, 5.41) is 11.2. The van der Waals surface area contributed by atoms with Crippen LogP contribution in [-0.4, -0.2) is 46.8 Å². The van der Waals surface area contributed by atoms with E-state index in [1.807, 2.05) is 41.7 Å². The zero-order chi connectivity index (χ0) is 19.1. The molecule has 1 aliphatic carbocycles. The van der Waals surface area contributed by atoms with Crippen LogP contribution < -0.4 is 10.6 Å². The zero-order valence-electron chi connectivity index (χ0n) is 16.3. The summed E-state index contributed by atoms with van der Waals surface area (Å²) in [7, 11) is 1.95. The highest BCUT2D eigenvalue weighted by Crippen LogP contribution is 2.24. The number of benzene rings is 1. The summed E-state index contributed by atoms with van der Waals surface area (Å²) >= 11 is 1.89. The van der Waals surface area contributed by atoms with Crippen LogP contribution in [0.1, 0.15) is 40.2 Å². The van der Waals surface area contributed by atoms with Crippen molar-refractivity contribution in [1.29, 1.82) is 0 Å². The molecule has 0 aliphatic heterocycles. The zero-order valence-corrected chi connectivity index (χ0v) is 17.1. The van der Waals surface area contributed by atoms with Crippen molar-refractivity contribution < 1.29 is 4.79 Å². The maximum Gasteiger partial charge on any atom is 0.272 e. The van der Waals surface area contributed by atoms with Crippen molar-refractivity contribution in [1.82, 2.24) is 20.4 Å². The van der Waals surface area contributed by atoms with Crippen LogP contribution in [0.5, 0.6) is 0 Å². The summed E-state index contributed by atoms with van der Waals surface area (Å²) in [5.74, 6) is 1.14. The highest BCUT2D eigenvalue weighted by molar-refractivity contribution is 7.98. The molecule has 5 nitrogen and oxygen atoms in total. The Kier molecular flexibility index (Phi) is 7.35. The summed E-state index contributed by atoms with van der Waals surface area (Å²) in [6.45, 7) is 1.67. The molecular weight excluding hydrogens is 356 g/mol. The molecule has 1 amide bonds. The molecule has 1 unspecified atom stereocenters. The lowest BCUT2D eigenvalue weighted by Gasteiger charge is -2.24. The average Bonchev–Trinajstić information content (AvgIpc) is 3.02. The predicted molar refractivity (Wildman–Crippen MR) is 113 cm³/mol. The van der Waals surface area contributed by atoms with E-state index < -0.39 is 0 Å². The van der Waals surface area contributed by atoms with E-state index in [9.17, 15) is 4.79 Å². The number of carbonyl (C=O) groups excluding carboxylic acids is 1. The molecule has 1 aliphatic rings. The molecule has 3 rings (SSSR count). The standard InChI is InChI=1S/C21H30N4OS/c1-25-19-10-9-17(22-12-6-14-27-2)15-18(19)20(24-25)21(26)23-13-11-16-7-4-3-5-8-16/h3-5,7-8,17,22H,6,9-15H2,1-2H3,(H,23,26). The van der Waals surface area contributed by atoms with Gasteiger partial charge >= 0.3 is 0 Å². The van der Waals surface area contributed by atoms with Crippen LogP contribution in [0.4, 0.5) is 0 Å². The van der Waals surface area contributed by atoms with Crippen molar-refractivity contribution in [3.63, 3.8) is 0 Å². The number of hydrogen-bond acceptors (Lipinski definition) is 4. The number of nitrogens with zero attached hydrogens (tertiary/aromatic N) is 2. The molecule has 1 aromatic carbocycles. The van der Waals surface area contributed by atoms with Crippen molar-refractivity contribution in [2.75, 3.05) is 25.1 Å². The Morgan fingerprint density at radius 3 is 2.89 bits per heavy atom. The Morgan fingerprint density at radius 2 is 2.11 bits per heavy atom. The summed E-state index contributed by atoms with van der Waals surface area (Å²) in [6.07, 6.45) is 7.15. The topological polar surface area (TPSA) is 59.0 Å². The Morgan fingerprint density at radius 1 is 1.30 bits per heavy atom. The third-order valence-electron chi connectivity index (χ3n) is 5.17. The lowest BCUT2D eigenvalue weighted by atomic mass is 9.91. The molecule has 6 heteroatoms. The van der Waals surface area contributed by atoms with E-state index >= 15 is 0 Å². The molecule has 0 fully saturated rings. The highest BCUT2D eigenvalue weighted by Gasteiger charge is 2.27. The fraction of sp³-hybridized carbons (Fsp3) is 0.524. The minimum absolute atomic E-state index is 0.0502. The maximum atomic E-state index is 12.7. The summed E-state index contributed by atoms with van der Waals surface area (Å²) in [6, 6.07) is 10.7. The number of nitrogens with one attached hydrogen (secondary N) is 2. The lowest BCUT2D eigenvalue weighted by molar-refractivity contribution is 0.0947. The van der Waals surface area contributed by atoms with E-state index in [1.165, 1.54) is 23.4 Å². The van der Waals surface area contributed by atoms with Gasteiger partial charge in [-0.2, -0.15) is 16.9 Å². The van der Waals surface area contributed by atoms with Gasteiger partial charge in [0.1, 0.15) is 0 Å². The average molecular weight is 387 g/mol. The van der Waals surface area contributed by atoms with Gasteiger partial charge in [0.2, 0.25) is 0 Å². The van der Waals surface area contributed by atoms with Gasteiger partial charge < -0.3 is 10.6 Å². The molecule has 27 heavy (non-hydrogen) atoms. The second kappa shape index (κ2) is 9.95. The first-order valence-electron chi connectivity index (χ1n) is 9.78. The summed E-state index contributed by atoms with van der Waals surface area (Å²) in [5.41, 5.74) is 4.18. The fourth-order valence-corrected chi connectivity index (χ4v) is 4.15. The van der Waals surface area contributed by atoms with Crippen LogP contribution >= 0.6 is 11.8 Å². The number of aromatic nitrogens is 2. The van der Waals surface area contributed by atoms with Gasteiger partial charge in [-0.3, -0.25) is 9.48 Å². The maximum absolute atomic E-state index is 12.7. The van der Waals surface area contributed by atoms with Crippen molar-refractivity contribution in [2.24, 2.45) is 7.05 Å². The first-order chi connectivity index (χ1) is 13.2. The quantitative estimate of drug-likeness (QED) is 0.651. The molecule has 0 bridgehead atoms. The van der Waals surface area contributed by atoms with Crippen LogP contribution in [0.2, 0.25) is 0 Å². The van der Waals surface area contributed by atoms with E-state index in [1.54, 1.807) is 0 Å². The molecule has 1 atom stereocenters. The minimum atomic E-state index is -0.0502. The third-order valence-corrected chi connectivity index (χ3v) is 5.87. The van der Waals surface area contributed by atoms with Crippen LogP contribution in [0, 0.1) is 0 Å². The predicted octanol–water partition coefficient (Wildman–Crippen LogP) is 2.59. The number of aryl methyl sites for hydroxylation is 1. The molecular formula is C21H30N4OS. The minimum Gasteiger partial charge on any atom is -0.350 e. The monoisotopic (exact) mass is 386 g/mol. The van der Waals surface area contributed by atoms with Crippen LogP contribution in [-0.2, 0) is 26.3 Å².